The molecule has 0 heterocycles. The van der Waals surface area contributed by atoms with Gasteiger partial charge in [0.25, 0.3) is 5.91 Å². The van der Waals surface area contributed by atoms with E-state index in [0.717, 1.165) is 0 Å². The topological polar surface area (TPSA) is 64.6 Å². The van der Waals surface area contributed by atoms with Gasteiger partial charge in [0, 0.05) is 13.0 Å². The summed E-state index contributed by atoms with van der Waals surface area (Å²) < 4.78 is 10.3. The molecule has 0 aliphatic rings. The van der Waals surface area contributed by atoms with E-state index < -0.39 is 6.10 Å². The Morgan fingerprint density at radius 3 is 2.60 bits per heavy atom. The molecule has 0 aromatic heterocycles. The van der Waals surface area contributed by atoms with Crippen LogP contribution in [0.4, 0.5) is 0 Å². The summed E-state index contributed by atoms with van der Waals surface area (Å²) in [4.78, 5) is 22.9. The van der Waals surface area contributed by atoms with Crippen LogP contribution in [0.2, 0.25) is 0 Å². The highest BCUT2D eigenvalue weighted by atomic mass is 16.5. The maximum atomic E-state index is 11.8. The molecule has 0 aliphatic carbocycles. The van der Waals surface area contributed by atoms with E-state index in [1.807, 2.05) is 18.2 Å². The molecule has 0 saturated carbocycles. The molecule has 110 valence electrons. The minimum atomic E-state index is -0.569. The van der Waals surface area contributed by atoms with Crippen molar-refractivity contribution in [1.82, 2.24) is 5.32 Å². The van der Waals surface area contributed by atoms with Crippen LogP contribution in [-0.2, 0) is 14.3 Å². The van der Waals surface area contributed by atoms with Crippen molar-refractivity contribution in [2.24, 2.45) is 0 Å². The number of para-hydroxylation sites is 1. The number of hydrogen-bond donors (Lipinski definition) is 1. The maximum Gasteiger partial charge on any atom is 0.305 e. The zero-order valence-electron chi connectivity index (χ0n) is 11.9. The molecule has 0 aliphatic heterocycles. The zero-order chi connectivity index (χ0) is 14.8. The van der Waals surface area contributed by atoms with Crippen molar-refractivity contribution in [2.75, 3.05) is 13.2 Å². The monoisotopic (exact) mass is 279 g/mol. The van der Waals surface area contributed by atoms with E-state index in [-0.39, 0.29) is 11.9 Å². The van der Waals surface area contributed by atoms with Crippen LogP contribution in [-0.4, -0.2) is 31.1 Å². The molecule has 0 fully saturated rings. The number of esters is 1. The Labute approximate surface area is 119 Å². The fraction of sp³-hybridized carbons (Fsp3) is 0.467. The average molecular weight is 279 g/mol. The van der Waals surface area contributed by atoms with Crippen molar-refractivity contribution in [1.29, 1.82) is 0 Å². The second-order valence-electron chi connectivity index (χ2n) is 4.27. The number of nitrogens with one attached hydrogen (secondary N) is 1. The highest BCUT2D eigenvalue weighted by molar-refractivity contribution is 5.80. The summed E-state index contributed by atoms with van der Waals surface area (Å²) in [6, 6.07) is 9.17. The van der Waals surface area contributed by atoms with Gasteiger partial charge in [-0.2, -0.15) is 0 Å². The van der Waals surface area contributed by atoms with Crippen molar-refractivity contribution in [3.8, 4) is 5.75 Å². The Kier molecular flexibility index (Phi) is 7.17. The first-order valence-corrected chi connectivity index (χ1v) is 6.78. The van der Waals surface area contributed by atoms with Crippen LogP contribution in [0.3, 0.4) is 0 Å². The van der Waals surface area contributed by atoms with Crippen molar-refractivity contribution < 1.29 is 19.1 Å². The van der Waals surface area contributed by atoms with Crippen LogP contribution in [0.1, 0.15) is 26.7 Å². The summed E-state index contributed by atoms with van der Waals surface area (Å²) in [6.45, 7) is 4.27. The summed E-state index contributed by atoms with van der Waals surface area (Å²) in [5, 5.41) is 2.73. The predicted molar refractivity (Wildman–Crippen MR) is 75.4 cm³/mol. The van der Waals surface area contributed by atoms with E-state index >= 15 is 0 Å². The van der Waals surface area contributed by atoms with Crippen molar-refractivity contribution >= 4 is 11.9 Å². The fourth-order valence-electron chi connectivity index (χ4n) is 1.58. The van der Waals surface area contributed by atoms with E-state index in [2.05, 4.69) is 5.32 Å². The first kappa shape index (κ1) is 16.0. The second-order valence-corrected chi connectivity index (χ2v) is 4.27. The van der Waals surface area contributed by atoms with Gasteiger partial charge in [0.1, 0.15) is 5.75 Å². The molecule has 20 heavy (non-hydrogen) atoms. The van der Waals surface area contributed by atoms with Crippen molar-refractivity contribution in [3.05, 3.63) is 30.3 Å². The van der Waals surface area contributed by atoms with E-state index in [9.17, 15) is 9.59 Å². The summed E-state index contributed by atoms with van der Waals surface area (Å²) in [5.41, 5.74) is 0. The van der Waals surface area contributed by atoms with E-state index in [1.165, 1.54) is 0 Å². The summed E-state index contributed by atoms with van der Waals surface area (Å²) in [6.07, 6.45) is 0.296. The number of hydrogen-bond acceptors (Lipinski definition) is 4. The lowest BCUT2D eigenvalue weighted by Gasteiger charge is -2.14. The molecule has 1 aromatic carbocycles. The van der Waals surface area contributed by atoms with Crippen LogP contribution in [0, 0.1) is 0 Å². The molecule has 0 bridgehead atoms. The van der Waals surface area contributed by atoms with Crippen molar-refractivity contribution in [2.45, 2.75) is 32.8 Å². The van der Waals surface area contributed by atoms with Gasteiger partial charge in [-0.3, -0.25) is 9.59 Å². The molecule has 1 amide bonds. The summed E-state index contributed by atoms with van der Waals surface area (Å²) in [5.74, 6) is 0.217. The average Bonchev–Trinajstić information content (AvgIpc) is 2.44. The lowest BCUT2D eigenvalue weighted by atomic mass is 10.3. The molecule has 1 N–H and O–H groups in total. The van der Waals surface area contributed by atoms with E-state index in [0.29, 0.717) is 31.7 Å². The third-order valence-corrected chi connectivity index (χ3v) is 2.59. The zero-order valence-corrected chi connectivity index (χ0v) is 11.9. The maximum absolute atomic E-state index is 11.8. The van der Waals surface area contributed by atoms with Gasteiger partial charge in [-0.25, -0.2) is 0 Å². The van der Waals surface area contributed by atoms with Crippen molar-refractivity contribution in [3.63, 3.8) is 0 Å². The number of rotatable bonds is 8. The third-order valence-electron chi connectivity index (χ3n) is 2.59. The van der Waals surface area contributed by atoms with Crippen LogP contribution in [0.5, 0.6) is 5.75 Å². The number of carbonyl (C=O) groups excluding carboxylic acids is 2. The number of amides is 1. The first-order chi connectivity index (χ1) is 9.63. The summed E-state index contributed by atoms with van der Waals surface area (Å²) >= 11 is 0. The molecule has 1 rings (SSSR count). The molecule has 5 heteroatoms. The molecule has 1 unspecified atom stereocenters. The third kappa shape index (κ3) is 6.22. The van der Waals surface area contributed by atoms with Gasteiger partial charge in [-0.05, 0) is 32.4 Å². The Bertz CT molecular complexity index is 419. The second kappa shape index (κ2) is 8.96. The normalized spacial score (nSPS) is 11.5. The Balaban J connectivity index is 2.20. The van der Waals surface area contributed by atoms with Gasteiger partial charge in [0.2, 0.25) is 0 Å². The highest BCUT2D eigenvalue weighted by Gasteiger charge is 2.13. The van der Waals surface area contributed by atoms with E-state index in [4.69, 9.17) is 9.47 Å². The van der Waals surface area contributed by atoms with Crippen LogP contribution in [0.25, 0.3) is 0 Å². The van der Waals surface area contributed by atoms with Gasteiger partial charge in [-0.15, -0.1) is 0 Å². The predicted octanol–water partition coefficient (Wildman–Crippen LogP) is 1.91. The molecule has 0 saturated heterocycles. The quantitative estimate of drug-likeness (QED) is 0.583. The molecule has 0 spiro atoms. The van der Waals surface area contributed by atoms with Crippen LogP contribution < -0.4 is 10.1 Å². The Morgan fingerprint density at radius 1 is 1.25 bits per heavy atom. The standard InChI is InChI=1S/C15H21NO4/c1-3-19-14(17)10-7-11-16-15(18)12(2)20-13-8-5-4-6-9-13/h4-6,8-9,12H,3,7,10-11H2,1-2H3,(H,16,18). The van der Waals surface area contributed by atoms with Gasteiger partial charge < -0.3 is 14.8 Å². The molecule has 1 atom stereocenters. The van der Waals surface area contributed by atoms with Crippen LogP contribution >= 0.6 is 0 Å². The molecular formula is C15H21NO4. The number of carbonyl (C=O) groups is 2. The number of ether oxygens (including phenoxy) is 2. The number of benzene rings is 1. The summed E-state index contributed by atoms with van der Waals surface area (Å²) in [7, 11) is 0. The Morgan fingerprint density at radius 2 is 1.95 bits per heavy atom. The first-order valence-electron chi connectivity index (χ1n) is 6.78. The largest absolute Gasteiger partial charge is 0.481 e. The highest BCUT2D eigenvalue weighted by Crippen LogP contribution is 2.10. The van der Waals surface area contributed by atoms with E-state index in [1.54, 1.807) is 26.0 Å². The minimum Gasteiger partial charge on any atom is -0.481 e. The SMILES string of the molecule is CCOC(=O)CCCNC(=O)C(C)Oc1ccccc1. The Hall–Kier alpha value is -2.04. The molecule has 1 aromatic rings. The lowest BCUT2D eigenvalue weighted by molar-refractivity contribution is -0.143. The molecule has 0 radical (unpaired) electrons. The van der Waals surface area contributed by atoms with Gasteiger partial charge in [0.15, 0.2) is 6.10 Å². The fourth-order valence-corrected chi connectivity index (χ4v) is 1.58. The minimum absolute atomic E-state index is 0.197. The van der Waals surface area contributed by atoms with Gasteiger partial charge >= 0.3 is 5.97 Å². The molecular weight excluding hydrogens is 258 g/mol. The van der Waals surface area contributed by atoms with Gasteiger partial charge in [0.05, 0.1) is 6.61 Å². The van der Waals surface area contributed by atoms with Crippen LogP contribution in [0.15, 0.2) is 30.3 Å². The van der Waals surface area contributed by atoms with Gasteiger partial charge in [-0.1, -0.05) is 18.2 Å². The lowest BCUT2D eigenvalue weighted by Crippen LogP contribution is -2.36. The molecule has 5 nitrogen and oxygen atoms in total. The smallest absolute Gasteiger partial charge is 0.305 e.